The van der Waals surface area contributed by atoms with Crippen LogP contribution in [0, 0.1) is 30.6 Å². The fourth-order valence-electron chi connectivity index (χ4n) is 14.6. The highest BCUT2D eigenvalue weighted by atomic mass is 35.5. The molecule has 3 aromatic carbocycles. The van der Waals surface area contributed by atoms with Crippen LogP contribution in [0.25, 0.3) is 21.8 Å². The summed E-state index contributed by atoms with van der Waals surface area (Å²) in [6.45, 7) is 12.0. The van der Waals surface area contributed by atoms with Crippen molar-refractivity contribution in [1.82, 2.24) is 40.6 Å². The molecule has 3 aliphatic carbocycles. The number of amides is 10. The van der Waals surface area contributed by atoms with E-state index in [1.165, 1.54) is 17.1 Å². The fraction of sp³-hybridized carbons (Fsp3) is 0.547. The first kappa shape index (κ1) is 85.9. The van der Waals surface area contributed by atoms with Crippen LogP contribution in [-0.2, 0) is 77.9 Å². The molecule has 610 valence electrons. The number of primary amides is 1. The molecule has 0 radical (unpaired) electrons. The number of carbonyl (C=O) groups is 9. The van der Waals surface area contributed by atoms with Crippen molar-refractivity contribution in [3.05, 3.63) is 88.8 Å². The maximum atomic E-state index is 15.0. The number of H-pyrrole nitrogens is 2. The molecule has 33 nitrogen and oxygen atoms in total. The SMILES string of the molecule is Cc1c[nH]c2c(OCP(=O)(O)O)cc3c(c12)[C@H](CCl)CN3C(=O)C12CC(C(=O)N3C[C@@H](CCl)c4c3cc(OC(=S)N(C)CCN(C)C(=O)OCc3ccc(NC(=O)[C@H](CCCNC(N)=O)NC(=O)[C@@H](NC(=O)CCOCCOCCOCCOCCOCCOCCN5C(=O)C=CC5=O)C(C)C)cc3)c3[nH]cc(C)c43)(C1)C2. The number of alkyl halides is 2. The number of aromatic nitrogens is 2. The molecule has 3 saturated carbocycles. The second kappa shape index (κ2) is 39.0. The van der Waals surface area contributed by atoms with Gasteiger partial charge in [-0.25, -0.2) is 9.59 Å². The Bertz CT molecular complexity index is 4310. The van der Waals surface area contributed by atoms with E-state index in [4.69, 9.17) is 83.8 Å². The predicted molar refractivity (Wildman–Crippen MR) is 419 cm³/mol. The summed E-state index contributed by atoms with van der Waals surface area (Å²) in [5.41, 5.74) is 10.6. The van der Waals surface area contributed by atoms with Gasteiger partial charge in [0.25, 0.3) is 17.0 Å². The van der Waals surface area contributed by atoms with Crippen LogP contribution in [0.2, 0.25) is 0 Å². The van der Waals surface area contributed by atoms with E-state index >= 15 is 4.79 Å². The fourth-order valence-corrected chi connectivity index (χ4v) is 15.6. The van der Waals surface area contributed by atoms with E-state index in [9.17, 15) is 52.7 Å². The van der Waals surface area contributed by atoms with Crippen molar-refractivity contribution < 1.29 is 100 Å². The third-order valence-electron chi connectivity index (χ3n) is 20.4. The van der Waals surface area contributed by atoms with Crippen molar-refractivity contribution in [1.29, 1.82) is 0 Å². The molecule has 10 N–H and O–H groups in total. The van der Waals surface area contributed by atoms with Crippen LogP contribution in [0.15, 0.2) is 60.9 Å². The van der Waals surface area contributed by atoms with Crippen molar-refractivity contribution in [2.75, 3.05) is 166 Å². The Labute approximate surface area is 663 Å². The molecule has 3 fully saturated rings. The topological polar surface area (TPSA) is 416 Å². The van der Waals surface area contributed by atoms with Crippen LogP contribution in [0.5, 0.6) is 11.5 Å². The Morgan fingerprint density at radius 3 is 1.69 bits per heavy atom. The van der Waals surface area contributed by atoms with E-state index in [0.29, 0.717) is 125 Å². The van der Waals surface area contributed by atoms with Crippen LogP contribution >= 0.6 is 43.0 Å². The number of hydrogen-bond donors (Lipinski definition) is 9. The number of carbonyl (C=O) groups excluding carboxylic acids is 9. The number of urea groups is 1. The Kier molecular flexibility index (Phi) is 29.9. The number of fused-ring (bicyclic) bond motifs is 6. The minimum absolute atomic E-state index is 0.0520. The second-order valence-corrected chi connectivity index (χ2v) is 31.5. The van der Waals surface area contributed by atoms with Gasteiger partial charge in [-0.05, 0) is 104 Å². The van der Waals surface area contributed by atoms with Crippen molar-refractivity contribution in [2.45, 2.75) is 96.7 Å². The molecular formula is C75H99Cl2N12O21PS. The quantitative estimate of drug-likeness (QED) is 0.00681. The number of aryl methyl sites for hydroxylation is 2. The smallest absolute Gasteiger partial charge is 0.409 e. The van der Waals surface area contributed by atoms with Crippen LogP contribution in [-0.4, -0.2) is 256 Å². The lowest BCUT2D eigenvalue weighted by Gasteiger charge is -2.69. The number of ether oxygens (including phenoxy) is 9. The maximum Gasteiger partial charge on any atom is 0.409 e. The highest BCUT2D eigenvalue weighted by Gasteiger charge is 2.76. The van der Waals surface area contributed by atoms with Gasteiger partial charge in [-0.15, -0.1) is 23.2 Å². The summed E-state index contributed by atoms with van der Waals surface area (Å²) >= 11 is 19.1. The maximum absolute atomic E-state index is 15.0. The van der Waals surface area contributed by atoms with Crippen LogP contribution in [0.4, 0.5) is 26.7 Å². The largest absolute Gasteiger partial charge is 0.479 e. The number of nitrogens with zero attached hydrogens (tertiary/aromatic N) is 5. The summed E-state index contributed by atoms with van der Waals surface area (Å²) in [6.07, 6.45) is 5.91. The van der Waals surface area contributed by atoms with E-state index in [-0.39, 0.29) is 143 Å². The lowest BCUT2D eigenvalue weighted by molar-refractivity contribution is -0.205. The van der Waals surface area contributed by atoms with Crippen molar-refractivity contribution in [3.63, 3.8) is 0 Å². The lowest BCUT2D eigenvalue weighted by atomic mass is 9.34. The Balaban J connectivity index is 0.632. The Morgan fingerprint density at radius 1 is 0.696 bits per heavy atom. The molecule has 10 amide bonds. The van der Waals surface area contributed by atoms with Gasteiger partial charge in [0.15, 0.2) is 12.1 Å². The van der Waals surface area contributed by atoms with Crippen molar-refractivity contribution in [3.8, 4) is 11.5 Å². The molecule has 4 atom stereocenters. The van der Waals surface area contributed by atoms with E-state index in [1.54, 1.807) is 85.2 Å². The zero-order chi connectivity index (χ0) is 80.6. The molecule has 2 bridgehead atoms. The number of rotatable bonds is 44. The molecule has 11 rings (SSSR count). The second-order valence-electron chi connectivity index (χ2n) is 28.9. The van der Waals surface area contributed by atoms with Gasteiger partial charge in [0.2, 0.25) is 29.5 Å². The molecule has 6 aliphatic rings. The van der Waals surface area contributed by atoms with Crippen LogP contribution < -0.4 is 46.3 Å². The van der Waals surface area contributed by atoms with Gasteiger partial charge in [0, 0.05) is 130 Å². The minimum atomic E-state index is -4.55. The zero-order valence-electron chi connectivity index (χ0n) is 63.5. The third kappa shape index (κ3) is 21.1. The van der Waals surface area contributed by atoms with E-state index in [1.807, 2.05) is 20.0 Å². The number of likely N-dealkylation sites (N-methyl/N-ethyl adjacent to an activating group) is 2. The average molecular weight is 1640 g/mol. The molecule has 5 aromatic rings. The highest BCUT2D eigenvalue weighted by molar-refractivity contribution is 7.80. The van der Waals surface area contributed by atoms with Crippen molar-refractivity contribution in [2.24, 2.45) is 22.5 Å². The van der Waals surface area contributed by atoms with E-state index in [0.717, 1.165) is 37.9 Å². The number of aromatic amines is 2. The third-order valence-corrected chi connectivity index (χ3v) is 22.0. The van der Waals surface area contributed by atoms with Crippen molar-refractivity contribution >= 4 is 141 Å². The monoisotopic (exact) mass is 1640 g/mol. The van der Waals surface area contributed by atoms with Gasteiger partial charge in [0.1, 0.15) is 24.4 Å². The number of benzene rings is 3. The summed E-state index contributed by atoms with van der Waals surface area (Å²) in [5, 5.41) is 12.5. The summed E-state index contributed by atoms with van der Waals surface area (Å²) < 4.78 is 62.7. The first-order chi connectivity index (χ1) is 53.6. The lowest BCUT2D eigenvalue weighted by Crippen LogP contribution is -2.73. The molecule has 0 unspecified atom stereocenters. The molecule has 5 heterocycles. The van der Waals surface area contributed by atoms with Gasteiger partial charge >= 0.3 is 19.7 Å². The molecule has 37 heteroatoms. The van der Waals surface area contributed by atoms with Gasteiger partial charge in [0.05, 0.1) is 119 Å². The Morgan fingerprint density at radius 2 is 1.19 bits per heavy atom. The van der Waals surface area contributed by atoms with Gasteiger partial charge < -0.3 is 109 Å². The molecular weight excluding hydrogens is 1540 g/mol. The van der Waals surface area contributed by atoms with Gasteiger partial charge in [-0.1, -0.05) is 26.0 Å². The molecule has 112 heavy (non-hydrogen) atoms. The number of anilines is 3. The van der Waals surface area contributed by atoms with Crippen LogP contribution in [0.3, 0.4) is 0 Å². The summed E-state index contributed by atoms with van der Waals surface area (Å²) in [7, 11) is -1.25. The number of halogens is 2. The highest BCUT2D eigenvalue weighted by Crippen LogP contribution is 2.75. The number of nitrogens with one attached hydrogen (secondary N) is 6. The molecule has 0 saturated heterocycles. The van der Waals surface area contributed by atoms with E-state index in [2.05, 4.69) is 31.2 Å². The number of thiocarbonyl (C=S) groups is 1. The van der Waals surface area contributed by atoms with Crippen LogP contribution in [0.1, 0.15) is 92.0 Å². The Hall–Kier alpha value is -8.51. The molecule has 0 spiro atoms. The predicted octanol–water partition coefficient (Wildman–Crippen LogP) is 6.28. The molecule has 3 aliphatic heterocycles. The summed E-state index contributed by atoms with van der Waals surface area (Å²) in [4.78, 5) is 152. The summed E-state index contributed by atoms with van der Waals surface area (Å²) in [6, 6.07) is 7.13. The first-order valence-corrected chi connectivity index (χ1v) is 40.4. The van der Waals surface area contributed by atoms with Gasteiger partial charge in [-0.3, -0.25) is 43.0 Å². The minimum Gasteiger partial charge on any atom is -0.479 e. The number of nitrogens with two attached hydrogens (primary N) is 1. The standard InChI is InChI=1S/C75H99Cl2N12O21PS/c1-45(2)64(84-57(90)15-20-102-22-24-104-26-28-106-30-31-107-29-27-105-25-23-103-21-19-87-58(91)13-14-59(87)92)68(94)83-52(8-7-16-79-71(78)97)67(93)82-51-11-9-48(10-12-51)40-108-72(98)85(5)17-18-86(6)73(112)110-56-33-54-63(61-47(4)37-81-66(56)61)50(35-77)39-89(54)70(96)75-41-74(42-75,43-75)69(95)88-38-49(34-76)62-53(88)32-55(109-44-111(99,100)101)65-60(62)46(3)36-80-65/h9-14,32-33,36-37,45,49-50,52,64,80-81H,7-8,15-31,34-35,38-44H2,1-6H3,(H,82,93)(H,83,94)(H,84,90)(H3,78,79,97)(H2,99,100,101)/t49-,50-,52+,64+,74?,75?/m1/s1. The summed E-state index contributed by atoms with van der Waals surface area (Å²) in [5.74, 6) is -2.37. The normalized spacial score (nSPS) is 18.6. The number of imide groups is 1. The molecule has 2 aromatic heterocycles. The first-order valence-electron chi connectivity index (χ1n) is 37.1. The van der Waals surface area contributed by atoms with E-state index < -0.39 is 66.7 Å². The van der Waals surface area contributed by atoms with Gasteiger partial charge in [-0.2, -0.15) is 0 Å². The zero-order valence-corrected chi connectivity index (χ0v) is 66.8. The average Bonchev–Trinajstić information content (AvgIpc) is 0.944. The number of hydrogen-bond acceptors (Lipinski definition) is 20.